The molecule has 0 radical (unpaired) electrons. The quantitative estimate of drug-likeness (QED) is 0.378. The van der Waals surface area contributed by atoms with E-state index in [0.717, 1.165) is 61.9 Å². The number of aryl methyl sites for hydroxylation is 4. The molecule has 2 aliphatic heterocycles. The van der Waals surface area contributed by atoms with E-state index in [-0.39, 0.29) is 11.7 Å². The molecular weight excluding hydrogens is 446 g/mol. The number of nitrogens with one attached hydrogen (secondary N) is 1. The van der Waals surface area contributed by atoms with Crippen molar-refractivity contribution in [2.45, 2.75) is 58.3 Å². The van der Waals surface area contributed by atoms with Gasteiger partial charge >= 0.3 is 0 Å². The highest BCUT2D eigenvalue weighted by Gasteiger charge is 2.26. The smallest absolute Gasteiger partial charge is 0.129 e. The molecule has 36 heavy (non-hydrogen) atoms. The molecule has 6 nitrogen and oxygen atoms in total. The molecule has 1 fully saturated rings. The van der Waals surface area contributed by atoms with E-state index in [4.69, 9.17) is 4.98 Å². The molecule has 4 heterocycles. The van der Waals surface area contributed by atoms with Gasteiger partial charge in [0.2, 0.25) is 0 Å². The molecule has 0 spiro atoms. The maximum atomic E-state index is 10.1. The Morgan fingerprint density at radius 2 is 2.11 bits per heavy atom. The first kappa shape index (κ1) is 24.6. The summed E-state index contributed by atoms with van der Waals surface area (Å²) >= 11 is 0. The van der Waals surface area contributed by atoms with Crippen molar-refractivity contribution >= 4 is 5.82 Å². The highest BCUT2D eigenvalue weighted by atomic mass is 16.3. The molecular formula is C30H39N5O. The monoisotopic (exact) mass is 485 g/mol. The molecule has 0 saturated carbocycles. The molecule has 0 unspecified atom stereocenters. The van der Waals surface area contributed by atoms with Crippen LogP contribution >= 0.6 is 0 Å². The minimum absolute atomic E-state index is 0.201. The largest absolute Gasteiger partial charge is 0.513 e. The van der Waals surface area contributed by atoms with Crippen LogP contribution in [0, 0.1) is 19.8 Å². The third kappa shape index (κ3) is 5.81. The van der Waals surface area contributed by atoms with Gasteiger partial charge < -0.3 is 15.3 Å². The summed E-state index contributed by atoms with van der Waals surface area (Å²) in [7, 11) is 0. The summed E-state index contributed by atoms with van der Waals surface area (Å²) < 4.78 is 2.00. The minimum Gasteiger partial charge on any atom is -0.513 e. The van der Waals surface area contributed by atoms with Crippen LogP contribution in [0.2, 0.25) is 0 Å². The Kier molecular flexibility index (Phi) is 7.42. The number of fused-ring (bicyclic) bond motifs is 1. The molecule has 190 valence electrons. The lowest BCUT2D eigenvalue weighted by Crippen LogP contribution is -2.27. The van der Waals surface area contributed by atoms with Crippen LogP contribution in [0.3, 0.4) is 0 Å². The number of hydrogen-bond acceptors (Lipinski definition) is 5. The zero-order valence-corrected chi connectivity index (χ0v) is 21.7. The van der Waals surface area contributed by atoms with Gasteiger partial charge in [-0.15, -0.1) is 0 Å². The van der Waals surface area contributed by atoms with Gasteiger partial charge in [-0.1, -0.05) is 24.8 Å². The fraction of sp³-hybridized carbons (Fsp3) is 0.467. The Morgan fingerprint density at radius 1 is 1.22 bits per heavy atom. The number of aromatic nitrogens is 3. The van der Waals surface area contributed by atoms with E-state index in [9.17, 15) is 5.11 Å². The van der Waals surface area contributed by atoms with Crippen LogP contribution < -0.4 is 5.32 Å². The Hall–Kier alpha value is -3.12. The SMILES string of the molecule is C=C(O)C[C@H](CN1CC[C@@H](CCc2ccc3c(n2)NCCC3)C1)c1cccc(-n2nc(C)cc2C)c1. The summed E-state index contributed by atoms with van der Waals surface area (Å²) in [6.45, 7) is 12.1. The van der Waals surface area contributed by atoms with Crippen LogP contribution in [0.25, 0.3) is 5.69 Å². The summed E-state index contributed by atoms with van der Waals surface area (Å²) in [5, 5.41) is 18.2. The zero-order valence-electron chi connectivity index (χ0n) is 21.7. The van der Waals surface area contributed by atoms with Crippen LogP contribution in [0.15, 0.2) is 54.8 Å². The fourth-order valence-electron chi connectivity index (χ4n) is 5.86. The van der Waals surface area contributed by atoms with E-state index < -0.39 is 0 Å². The number of likely N-dealkylation sites (tertiary alicyclic amines) is 1. The predicted molar refractivity (Wildman–Crippen MR) is 146 cm³/mol. The summed E-state index contributed by atoms with van der Waals surface area (Å²) in [6.07, 6.45) is 6.35. The van der Waals surface area contributed by atoms with Gasteiger partial charge in [0, 0.05) is 43.4 Å². The van der Waals surface area contributed by atoms with Crippen molar-refractivity contribution in [1.29, 1.82) is 0 Å². The fourth-order valence-corrected chi connectivity index (χ4v) is 5.86. The summed E-state index contributed by atoms with van der Waals surface area (Å²) in [5.74, 6) is 2.24. The van der Waals surface area contributed by atoms with Crippen LogP contribution in [0.5, 0.6) is 0 Å². The molecule has 2 atom stereocenters. The minimum atomic E-state index is 0.201. The number of pyridine rings is 1. The number of hydrogen-bond donors (Lipinski definition) is 2. The van der Waals surface area contributed by atoms with Crippen LogP contribution in [-0.4, -0.2) is 50.9 Å². The Bertz CT molecular complexity index is 1220. The van der Waals surface area contributed by atoms with Gasteiger partial charge in [-0.25, -0.2) is 9.67 Å². The predicted octanol–water partition coefficient (Wildman–Crippen LogP) is 5.74. The van der Waals surface area contributed by atoms with E-state index in [1.807, 2.05) is 11.6 Å². The van der Waals surface area contributed by atoms with Gasteiger partial charge in [0.15, 0.2) is 0 Å². The number of benzene rings is 1. The van der Waals surface area contributed by atoms with Crippen molar-refractivity contribution in [2.24, 2.45) is 5.92 Å². The molecule has 2 aliphatic rings. The van der Waals surface area contributed by atoms with E-state index in [0.29, 0.717) is 12.3 Å². The topological polar surface area (TPSA) is 66.2 Å². The van der Waals surface area contributed by atoms with Crippen molar-refractivity contribution in [3.05, 3.63) is 83.0 Å². The number of aliphatic hydroxyl groups is 1. The number of allylic oxidation sites excluding steroid dienone is 1. The third-order valence-corrected chi connectivity index (χ3v) is 7.69. The molecule has 0 bridgehead atoms. The molecule has 1 aromatic carbocycles. The van der Waals surface area contributed by atoms with Gasteiger partial charge in [-0.3, -0.25) is 0 Å². The summed E-state index contributed by atoms with van der Waals surface area (Å²) in [6, 6.07) is 15.2. The van der Waals surface area contributed by atoms with Gasteiger partial charge in [-0.2, -0.15) is 5.10 Å². The van der Waals surface area contributed by atoms with Gasteiger partial charge in [0.1, 0.15) is 5.82 Å². The standard InChI is InChI=1S/C30H39N5O/c1-21-16-22(2)35(33-21)29-8-4-6-26(18-29)27(17-23(3)36)20-34-15-13-24(19-34)9-11-28-12-10-25-7-5-14-31-30(25)32-28/h4,6,8,10,12,16,18,24,27,36H,3,5,7,9,11,13-15,17,19-20H2,1-2H3,(H,31,32)/t24-,27-/m1/s1. The van der Waals surface area contributed by atoms with Crippen molar-refractivity contribution in [1.82, 2.24) is 19.7 Å². The van der Waals surface area contributed by atoms with E-state index in [1.54, 1.807) is 0 Å². The first-order chi connectivity index (χ1) is 17.4. The molecule has 0 aliphatic carbocycles. The Labute approximate surface area is 215 Å². The zero-order chi connectivity index (χ0) is 25.1. The van der Waals surface area contributed by atoms with Gasteiger partial charge in [-0.05, 0) is 93.8 Å². The van der Waals surface area contributed by atoms with Gasteiger partial charge in [0.25, 0.3) is 0 Å². The van der Waals surface area contributed by atoms with Crippen LogP contribution in [0.4, 0.5) is 5.82 Å². The van der Waals surface area contributed by atoms with Crippen molar-refractivity contribution in [3.8, 4) is 5.69 Å². The number of nitrogens with zero attached hydrogens (tertiary/aromatic N) is 4. The maximum absolute atomic E-state index is 10.1. The lowest BCUT2D eigenvalue weighted by Gasteiger charge is -2.24. The molecule has 1 saturated heterocycles. The lowest BCUT2D eigenvalue weighted by atomic mass is 9.94. The molecule has 6 heteroatoms. The van der Waals surface area contributed by atoms with Crippen LogP contribution in [0.1, 0.15) is 59.8 Å². The molecule has 2 aromatic heterocycles. The normalized spacial score (nSPS) is 18.6. The summed E-state index contributed by atoms with van der Waals surface area (Å²) in [5.41, 5.74) is 7.00. The maximum Gasteiger partial charge on any atom is 0.129 e. The van der Waals surface area contributed by atoms with E-state index >= 15 is 0 Å². The second kappa shape index (κ2) is 10.9. The second-order valence-corrected chi connectivity index (χ2v) is 10.7. The molecule has 2 N–H and O–H groups in total. The van der Waals surface area contributed by atoms with E-state index in [1.165, 1.54) is 36.1 Å². The second-order valence-electron chi connectivity index (χ2n) is 10.7. The highest BCUT2D eigenvalue weighted by molar-refractivity contribution is 5.47. The Balaban J connectivity index is 1.21. The Morgan fingerprint density at radius 3 is 2.92 bits per heavy atom. The first-order valence-corrected chi connectivity index (χ1v) is 13.4. The number of rotatable bonds is 9. The third-order valence-electron chi connectivity index (χ3n) is 7.69. The average Bonchev–Trinajstić information content (AvgIpc) is 3.47. The highest BCUT2D eigenvalue weighted by Crippen LogP contribution is 2.30. The molecule has 5 rings (SSSR count). The average molecular weight is 486 g/mol. The molecule has 0 amide bonds. The van der Waals surface area contributed by atoms with Crippen molar-refractivity contribution in [2.75, 3.05) is 31.5 Å². The van der Waals surface area contributed by atoms with E-state index in [2.05, 4.69) is 71.3 Å². The van der Waals surface area contributed by atoms with Crippen molar-refractivity contribution < 1.29 is 5.11 Å². The lowest BCUT2D eigenvalue weighted by molar-refractivity contribution is 0.282. The first-order valence-electron chi connectivity index (χ1n) is 13.4. The van der Waals surface area contributed by atoms with Crippen molar-refractivity contribution in [3.63, 3.8) is 0 Å². The molecule has 3 aromatic rings. The summed E-state index contributed by atoms with van der Waals surface area (Å²) in [4.78, 5) is 7.45. The number of anilines is 1. The number of aliphatic hydroxyl groups excluding tert-OH is 1. The van der Waals surface area contributed by atoms with Gasteiger partial charge in [0.05, 0.1) is 17.1 Å². The van der Waals surface area contributed by atoms with Crippen LogP contribution in [-0.2, 0) is 12.8 Å².